The van der Waals surface area contributed by atoms with Crippen molar-refractivity contribution in [1.29, 1.82) is 0 Å². The van der Waals surface area contributed by atoms with Gasteiger partial charge in [-0.2, -0.15) is 5.10 Å². The standard InChI is InChI=1S/C24H29N7O2/c1-2-20(32)31-9-3-4-19(15-31)27-23-21-22(28-29-24(21)26-16-25-23)18-7-5-17(6-8-18)14-30-10-12-33-13-11-30/h2,5-8,16,19H,1,3-4,9-15H2,(H2,25,26,27,28,29). The van der Waals surface area contributed by atoms with E-state index in [0.29, 0.717) is 12.2 Å². The smallest absolute Gasteiger partial charge is 0.246 e. The van der Waals surface area contributed by atoms with Crippen LogP contribution in [0.4, 0.5) is 5.82 Å². The van der Waals surface area contributed by atoms with E-state index in [2.05, 4.69) is 61.2 Å². The Kier molecular flexibility index (Phi) is 6.32. The van der Waals surface area contributed by atoms with Crippen LogP contribution in [0.2, 0.25) is 0 Å². The third-order valence-electron chi connectivity index (χ3n) is 6.35. The first-order chi connectivity index (χ1) is 16.2. The monoisotopic (exact) mass is 447 g/mol. The number of piperidine rings is 1. The van der Waals surface area contributed by atoms with Crippen LogP contribution in [0, 0.1) is 0 Å². The highest BCUT2D eigenvalue weighted by atomic mass is 16.5. The number of ether oxygens (including phenoxy) is 1. The highest BCUT2D eigenvalue weighted by Crippen LogP contribution is 2.31. The predicted molar refractivity (Wildman–Crippen MR) is 127 cm³/mol. The number of carbonyl (C=O) groups is 1. The lowest BCUT2D eigenvalue weighted by atomic mass is 10.0. The summed E-state index contributed by atoms with van der Waals surface area (Å²) in [4.78, 5) is 25.2. The number of carbonyl (C=O) groups excluding carboxylic acids is 1. The largest absolute Gasteiger partial charge is 0.379 e. The highest BCUT2D eigenvalue weighted by molar-refractivity contribution is 5.98. The fourth-order valence-electron chi connectivity index (χ4n) is 4.59. The molecule has 2 aliphatic rings. The quantitative estimate of drug-likeness (QED) is 0.560. The second-order valence-electron chi connectivity index (χ2n) is 8.58. The fourth-order valence-corrected chi connectivity index (χ4v) is 4.59. The number of nitrogens with one attached hydrogen (secondary N) is 2. The van der Waals surface area contributed by atoms with Crippen LogP contribution in [0.5, 0.6) is 0 Å². The second kappa shape index (κ2) is 9.68. The Labute approximate surface area is 192 Å². The number of amides is 1. The SMILES string of the molecule is C=CC(=O)N1CCCC(Nc2ncnc3n[nH]c(-c4ccc(CN5CCOCC5)cc4)c23)C1. The third kappa shape index (κ3) is 4.74. The molecule has 2 saturated heterocycles. The molecule has 9 nitrogen and oxygen atoms in total. The van der Waals surface area contributed by atoms with Crippen molar-refractivity contribution in [1.82, 2.24) is 30.0 Å². The zero-order chi connectivity index (χ0) is 22.6. The van der Waals surface area contributed by atoms with Gasteiger partial charge in [0.25, 0.3) is 0 Å². The van der Waals surface area contributed by atoms with Gasteiger partial charge in [-0.05, 0) is 24.5 Å². The number of aromatic amines is 1. The molecule has 172 valence electrons. The molecule has 0 spiro atoms. The first-order valence-electron chi connectivity index (χ1n) is 11.5. The number of hydrogen-bond donors (Lipinski definition) is 2. The number of morpholine rings is 1. The second-order valence-corrected chi connectivity index (χ2v) is 8.58. The van der Waals surface area contributed by atoms with Gasteiger partial charge in [0.1, 0.15) is 12.1 Å². The summed E-state index contributed by atoms with van der Waals surface area (Å²) in [6.07, 6.45) is 4.81. The number of rotatable bonds is 6. The summed E-state index contributed by atoms with van der Waals surface area (Å²) in [5.74, 6) is 0.703. The Morgan fingerprint density at radius 3 is 2.82 bits per heavy atom. The van der Waals surface area contributed by atoms with Gasteiger partial charge in [-0.15, -0.1) is 0 Å². The summed E-state index contributed by atoms with van der Waals surface area (Å²) in [6.45, 7) is 9.45. The van der Waals surface area contributed by atoms with Gasteiger partial charge in [0.15, 0.2) is 5.65 Å². The van der Waals surface area contributed by atoms with E-state index in [9.17, 15) is 4.79 Å². The number of aromatic nitrogens is 4. The van der Waals surface area contributed by atoms with E-state index in [1.54, 1.807) is 0 Å². The van der Waals surface area contributed by atoms with E-state index >= 15 is 0 Å². The van der Waals surface area contributed by atoms with E-state index in [1.165, 1.54) is 18.0 Å². The Bertz CT molecular complexity index is 1120. The van der Waals surface area contributed by atoms with E-state index in [0.717, 1.165) is 74.7 Å². The van der Waals surface area contributed by atoms with Crippen molar-refractivity contribution in [3.8, 4) is 11.3 Å². The van der Waals surface area contributed by atoms with Crippen LogP contribution in [0.1, 0.15) is 18.4 Å². The molecule has 1 amide bonds. The lowest BCUT2D eigenvalue weighted by molar-refractivity contribution is -0.127. The molecule has 0 bridgehead atoms. The fraction of sp³-hybridized carbons (Fsp3) is 0.417. The number of fused-ring (bicyclic) bond motifs is 1. The molecule has 33 heavy (non-hydrogen) atoms. The van der Waals surface area contributed by atoms with Gasteiger partial charge < -0.3 is 15.0 Å². The molecule has 0 aliphatic carbocycles. The van der Waals surface area contributed by atoms with Gasteiger partial charge in [-0.25, -0.2) is 9.97 Å². The maximum Gasteiger partial charge on any atom is 0.246 e. The van der Waals surface area contributed by atoms with Crippen LogP contribution in [0.3, 0.4) is 0 Å². The van der Waals surface area contributed by atoms with Crippen LogP contribution < -0.4 is 5.32 Å². The molecular weight excluding hydrogens is 418 g/mol. The van der Waals surface area contributed by atoms with Gasteiger partial charge >= 0.3 is 0 Å². The molecule has 1 atom stereocenters. The summed E-state index contributed by atoms with van der Waals surface area (Å²) in [7, 11) is 0. The van der Waals surface area contributed by atoms with Gasteiger partial charge in [0.2, 0.25) is 5.91 Å². The van der Waals surface area contributed by atoms with Gasteiger partial charge in [0, 0.05) is 44.3 Å². The number of H-pyrrole nitrogens is 1. The summed E-state index contributed by atoms with van der Waals surface area (Å²) >= 11 is 0. The molecule has 5 rings (SSSR count). The number of anilines is 1. The molecule has 2 fully saturated rings. The highest BCUT2D eigenvalue weighted by Gasteiger charge is 2.24. The molecule has 2 aromatic heterocycles. The topological polar surface area (TPSA) is 99.3 Å². The minimum atomic E-state index is -0.0319. The molecule has 1 aromatic carbocycles. The zero-order valence-electron chi connectivity index (χ0n) is 18.7. The third-order valence-corrected chi connectivity index (χ3v) is 6.35. The Hall–Kier alpha value is -3.30. The van der Waals surface area contributed by atoms with Crippen LogP contribution >= 0.6 is 0 Å². The van der Waals surface area contributed by atoms with Crippen molar-refractivity contribution in [2.75, 3.05) is 44.7 Å². The summed E-state index contributed by atoms with van der Waals surface area (Å²) in [6, 6.07) is 8.66. The molecule has 1 unspecified atom stereocenters. The van der Waals surface area contributed by atoms with E-state index in [-0.39, 0.29) is 11.9 Å². The number of benzene rings is 1. The van der Waals surface area contributed by atoms with Gasteiger partial charge in [-0.3, -0.25) is 14.8 Å². The minimum Gasteiger partial charge on any atom is -0.379 e. The van der Waals surface area contributed by atoms with Crippen molar-refractivity contribution in [2.45, 2.75) is 25.4 Å². The molecule has 2 aliphatic heterocycles. The molecule has 4 heterocycles. The van der Waals surface area contributed by atoms with Crippen LogP contribution in [0.25, 0.3) is 22.3 Å². The normalized spacial score (nSPS) is 19.5. The number of hydrogen-bond acceptors (Lipinski definition) is 7. The first kappa shape index (κ1) is 21.5. The van der Waals surface area contributed by atoms with Crippen molar-refractivity contribution in [2.24, 2.45) is 0 Å². The maximum absolute atomic E-state index is 12.1. The summed E-state index contributed by atoms with van der Waals surface area (Å²) < 4.78 is 5.44. The Balaban J connectivity index is 1.36. The molecule has 3 aromatic rings. The molecule has 9 heteroatoms. The van der Waals surface area contributed by atoms with E-state index in [1.807, 2.05) is 4.90 Å². The Morgan fingerprint density at radius 2 is 2.03 bits per heavy atom. The Morgan fingerprint density at radius 1 is 1.21 bits per heavy atom. The van der Waals surface area contributed by atoms with Crippen molar-refractivity contribution < 1.29 is 9.53 Å². The maximum atomic E-state index is 12.1. The minimum absolute atomic E-state index is 0.0319. The average Bonchev–Trinajstić information content (AvgIpc) is 3.30. The van der Waals surface area contributed by atoms with Crippen LogP contribution in [-0.2, 0) is 16.1 Å². The predicted octanol–water partition coefficient (Wildman–Crippen LogP) is 2.44. The zero-order valence-corrected chi connectivity index (χ0v) is 18.7. The lowest BCUT2D eigenvalue weighted by Gasteiger charge is -2.32. The molecule has 0 radical (unpaired) electrons. The van der Waals surface area contributed by atoms with Crippen molar-refractivity contribution >= 4 is 22.8 Å². The van der Waals surface area contributed by atoms with E-state index < -0.39 is 0 Å². The number of nitrogens with zero attached hydrogens (tertiary/aromatic N) is 5. The van der Waals surface area contributed by atoms with Crippen molar-refractivity contribution in [3.63, 3.8) is 0 Å². The van der Waals surface area contributed by atoms with E-state index in [4.69, 9.17) is 4.74 Å². The van der Waals surface area contributed by atoms with Crippen molar-refractivity contribution in [3.05, 3.63) is 48.8 Å². The van der Waals surface area contributed by atoms with Crippen LogP contribution in [0.15, 0.2) is 43.2 Å². The molecule has 0 saturated carbocycles. The average molecular weight is 448 g/mol. The first-order valence-corrected chi connectivity index (χ1v) is 11.5. The molecular formula is C24H29N7O2. The van der Waals surface area contributed by atoms with Crippen LogP contribution in [-0.4, -0.2) is 81.3 Å². The summed E-state index contributed by atoms with van der Waals surface area (Å²) in [5.41, 5.74) is 3.82. The summed E-state index contributed by atoms with van der Waals surface area (Å²) in [5, 5.41) is 12.0. The lowest BCUT2D eigenvalue weighted by Crippen LogP contribution is -2.44. The van der Waals surface area contributed by atoms with Gasteiger partial charge in [-0.1, -0.05) is 30.8 Å². The number of likely N-dealkylation sites (tertiary alicyclic amines) is 1. The van der Waals surface area contributed by atoms with Gasteiger partial charge in [0.05, 0.1) is 24.3 Å². The molecule has 2 N–H and O–H groups in total.